The van der Waals surface area contributed by atoms with Gasteiger partial charge >= 0.3 is 18.4 Å². The Bertz CT molecular complexity index is 1050. The van der Waals surface area contributed by atoms with Gasteiger partial charge < -0.3 is 25.4 Å². The van der Waals surface area contributed by atoms with Gasteiger partial charge in [0.1, 0.15) is 18.5 Å². The van der Waals surface area contributed by atoms with Crippen LogP contribution in [-0.2, 0) is 10.9 Å². The summed E-state index contributed by atoms with van der Waals surface area (Å²) in [6, 6.07) is 8.70. The minimum absolute atomic E-state index is 0.258. The summed E-state index contributed by atoms with van der Waals surface area (Å²) in [5, 5.41) is 11.2. The number of hydrogen-bond acceptors (Lipinski definition) is 5. The molecule has 176 valence electrons. The zero-order valence-corrected chi connectivity index (χ0v) is 16.6. The molecule has 7 nitrogen and oxygen atoms in total. The molecule has 2 aromatic rings. The van der Waals surface area contributed by atoms with E-state index in [0.29, 0.717) is 16.7 Å². The topological polar surface area (TPSA) is 101 Å². The minimum Gasteiger partial charge on any atom is -0.491 e. The van der Waals surface area contributed by atoms with Crippen molar-refractivity contribution in [3.63, 3.8) is 0 Å². The number of benzene rings is 2. The van der Waals surface area contributed by atoms with E-state index in [0.717, 1.165) is 12.1 Å². The average Bonchev–Trinajstić information content (AvgIpc) is 3.17. The molecular weight excluding hydrogens is 458 g/mol. The third-order valence-electron chi connectivity index (χ3n) is 4.60. The molecule has 0 spiro atoms. The maximum absolute atomic E-state index is 13.5. The number of carbonyl (C=O) groups excluding carboxylic acids is 1. The molecule has 13 heteroatoms. The summed E-state index contributed by atoms with van der Waals surface area (Å²) in [6.45, 7) is -0.733. The van der Waals surface area contributed by atoms with Gasteiger partial charge in [-0.25, -0.2) is 4.79 Å². The van der Waals surface area contributed by atoms with Crippen LogP contribution in [0, 0.1) is 11.3 Å². The van der Waals surface area contributed by atoms with Crippen LogP contribution >= 0.6 is 0 Å². The number of nitrogens with two attached hydrogens (primary N) is 1. The number of nitrogens with one attached hydrogen (secondary N) is 1. The number of hydrogen-bond donors (Lipinski definition) is 2. The van der Waals surface area contributed by atoms with Crippen molar-refractivity contribution in [2.45, 2.75) is 24.7 Å². The first-order chi connectivity index (χ1) is 15.4. The summed E-state index contributed by atoms with van der Waals surface area (Å²) in [5.74, 6) is 0.258. The number of ether oxygens (including phenoxy) is 2. The molecule has 3 rings (SSSR count). The van der Waals surface area contributed by atoms with Gasteiger partial charge in [0, 0.05) is 11.4 Å². The van der Waals surface area contributed by atoms with Crippen LogP contribution < -0.4 is 20.7 Å². The Kier molecular flexibility index (Phi) is 6.59. The zero-order chi connectivity index (χ0) is 24.4. The number of amides is 2. The van der Waals surface area contributed by atoms with Crippen LogP contribution in [0.2, 0.25) is 0 Å². The van der Waals surface area contributed by atoms with E-state index in [2.05, 4.69) is 5.32 Å². The standard InChI is InChI=1S/C20H16F6N4O3/c21-19(22,23)16-7-13(4-1-11(16)8-27)30-9-15(33-17(30)20(24,25)26)10-32-14-5-2-12(3-6-14)29-18(28)31/h1-7,15,17H,9-10H2,(H3,28,29,31)/t15-,17-/m1/s1. The van der Waals surface area contributed by atoms with Crippen LogP contribution in [-0.4, -0.2) is 37.7 Å². The maximum Gasteiger partial charge on any atom is 0.433 e. The summed E-state index contributed by atoms with van der Waals surface area (Å²) in [6.07, 6.45) is -13.4. The highest BCUT2D eigenvalue weighted by molar-refractivity contribution is 5.87. The van der Waals surface area contributed by atoms with Crippen molar-refractivity contribution in [1.29, 1.82) is 5.26 Å². The quantitative estimate of drug-likeness (QED) is 0.632. The Morgan fingerprint density at radius 2 is 1.85 bits per heavy atom. The SMILES string of the molecule is N#Cc1ccc(N2C[C@H](COc3ccc(NC(N)=O)cc3)O[C@@H]2C(F)(F)F)cc1C(F)(F)F. The Morgan fingerprint density at radius 1 is 1.18 bits per heavy atom. The van der Waals surface area contributed by atoms with Crippen LogP contribution in [0.1, 0.15) is 11.1 Å². The molecule has 0 saturated carbocycles. The van der Waals surface area contributed by atoms with Gasteiger partial charge in [-0.05, 0) is 42.5 Å². The molecular formula is C20H16F6N4O3. The number of nitriles is 1. The third-order valence-corrected chi connectivity index (χ3v) is 4.60. The first-order valence-corrected chi connectivity index (χ1v) is 9.28. The van der Waals surface area contributed by atoms with E-state index in [1.807, 2.05) is 0 Å². The smallest absolute Gasteiger partial charge is 0.433 e. The molecule has 33 heavy (non-hydrogen) atoms. The van der Waals surface area contributed by atoms with Gasteiger partial charge in [-0.2, -0.15) is 31.6 Å². The molecule has 0 aliphatic carbocycles. The van der Waals surface area contributed by atoms with Crippen LogP contribution in [0.15, 0.2) is 42.5 Å². The second-order valence-electron chi connectivity index (χ2n) is 6.97. The molecule has 0 aromatic heterocycles. The molecule has 3 N–H and O–H groups in total. The second-order valence-corrected chi connectivity index (χ2v) is 6.97. The second kappa shape index (κ2) is 9.07. The summed E-state index contributed by atoms with van der Waals surface area (Å²) < 4.78 is 90.8. The number of anilines is 2. The van der Waals surface area contributed by atoms with Crippen LogP contribution in [0.5, 0.6) is 5.75 Å². The van der Waals surface area contributed by atoms with Gasteiger partial charge in [-0.3, -0.25) is 0 Å². The van der Waals surface area contributed by atoms with Gasteiger partial charge in [0.25, 0.3) is 0 Å². The molecule has 1 saturated heterocycles. The predicted molar refractivity (Wildman–Crippen MR) is 103 cm³/mol. The Labute approximate surface area is 183 Å². The normalized spacial score (nSPS) is 18.6. The molecule has 2 atom stereocenters. The average molecular weight is 474 g/mol. The van der Waals surface area contributed by atoms with Crippen LogP contribution in [0.4, 0.5) is 42.5 Å². The molecule has 2 aromatic carbocycles. The van der Waals surface area contributed by atoms with Crippen molar-refractivity contribution in [3.05, 3.63) is 53.6 Å². The first-order valence-electron chi connectivity index (χ1n) is 9.28. The molecule has 0 unspecified atom stereocenters. The van der Waals surface area contributed by atoms with Crippen LogP contribution in [0.3, 0.4) is 0 Å². The lowest BCUT2D eigenvalue weighted by Gasteiger charge is -2.27. The molecule has 1 fully saturated rings. The van der Waals surface area contributed by atoms with E-state index in [1.165, 1.54) is 30.3 Å². The lowest BCUT2D eigenvalue weighted by atomic mass is 10.1. The molecule has 0 radical (unpaired) electrons. The minimum atomic E-state index is -4.92. The first kappa shape index (κ1) is 24.0. The van der Waals surface area contributed by atoms with Crippen molar-refractivity contribution >= 4 is 17.4 Å². The van der Waals surface area contributed by atoms with Gasteiger partial charge in [-0.15, -0.1) is 0 Å². The Morgan fingerprint density at radius 3 is 2.39 bits per heavy atom. The Hall–Kier alpha value is -3.66. The summed E-state index contributed by atoms with van der Waals surface area (Å²) in [7, 11) is 0. The largest absolute Gasteiger partial charge is 0.491 e. The van der Waals surface area contributed by atoms with Crippen molar-refractivity contribution in [2.24, 2.45) is 5.73 Å². The van der Waals surface area contributed by atoms with Gasteiger partial charge in [-0.1, -0.05) is 0 Å². The highest BCUT2D eigenvalue weighted by Gasteiger charge is 2.51. The van der Waals surface area contributed by atoms with E-state index >= 15 is 0 Å². The fourth-order valence-corrected chi connectivity index (χ4v) is 3.21. The van der Waals surface area contributed by atoms with Crippen molar-refractivity contribution < 1.29 is 40.6 Å². The lowest BCUT2D eigenvalue weighted by molar-refractivity contribution is -0.215. The van der Waals surface area contributed by atoms with E-state index in [1.54, 1.807) is 0 Å². The number of primary amides is 1. The predicted octanol–water partition coefficient (Wildman–Crippen LogP) is 4.24. The third kappa shape index (κ3) is 5.78. The van der Waals surface area contributed by atoms with Gasteiger partial charge in [0.15, 0.2) is 0 Å². The van der Waals surface area contributed by atoms with Crippen LogP contribution in [0.25, 0.3) is 0 Å². The number of carbonyl (C=O) groups is 1. The maximum atomic E-state index is 13.5. The summed E-state index contributed by atoms with van der Waals surface area (Å²) in [5.41, 5.74) is 2.92. The summed E-state index contributed by atoms with van der Waals surface area (Å²) in [4.78, 5) is 11.5. The van der Waals surface area contributed by atoms with E-state index < -0.39 is 54.1 Å². The van der Waals surface area contributed by atoms with E-state index in [-0.39, 0.29) is 12.4 Å². The lowest BCUT2D eigenvalue weighted by Crippen LogP contribution is -2.42. The van der Waals surface area contributed by atoms with E-state index in [4.69, 9.17) is 20.5 Å². The molecule has 1 heterocycles. The van der Waals surface area contributed by atoms with Crippen molar-refractivity contribution in [1.82, 2.24) is 0 Å². The number of halogens is 6. The van der Waals surface area contributed by atoms with Crippen molar-refractivity contribution in [2.75, 3.05) is 23.4 Å². The highest BCUT2D eigenvalue weighted by atomic mass is 19.4. The molecule has 0 bridgehead atoms. The van der Waals surface area contributed by atoms with Gasteiger partial charge in [0.05, 0.1) is 23.7 Å². The Balaban J connectivity index is 1.77. The summed E-state index contributed by atoms with van der Waals surface area (Å²) >= 11 is 0. The number of nitrogens with zero attached hydrogens (tertiary/aromatic N) is 2. The molecule has 1 aliphatic rings. The number of rotatable bonds is 5. The zero-order valence-electron chi connectivity index (χ0n) is 16.6. The number of urea groups is 1. The molecule has 1 aliphatic heterocycles. The fourth-order valence-electron chi connectivity index (χ4n) is 3.21. The van der Waals surface area contributed by atoms with E-state index in [9.17, 15) is 31.1 Å². The highest BCUT2D eigenvalue weighted by Crippen LogP contribution is 2.39. The fraction of sp³-hybridized carbons (Fsp3) is 0.300. The van der Waals surface area contributed by atoms with Gasteiger partial charge in [0.2, 0.25) is 6.23 Å². The number of alkyl halides is 6. The monoisotopic (exact) mass is 474 g/mol. The van der Waals surface area contributed by atoms with Crippen molar-refractivity contribution in [3.8, 4) is 11.8 Å². The molecule has 2 amide bonds.